The van der Waals surface area contributed by atoms with Crippen molar-refractivity contribution in [2.45, 2.75) is 69.7 Å². The molecule has 0 spiro atoms. The molecule has 2 unspecified atom stereocenters. The van der Waals surface area contributed by atoms with E-state index in [0.29, 0.717) is 75.0 Å². The first-order chi connectivity index (χ1) is 29.3. The first kappa shape index (κ1) is 43.1. The van der Waals surface area contributed by atoms with Gasteiger partial charge < -0.3 is 32.2 Å². The van der Waals surface area contributed by atoms with Crippen LogP contribution in [0.4, 0.5) is 0 Å². The number of hydrogen-bond donors (Lipinski definition) is 1. The van der Waals surface area contributed by atoms with Crippen LogP contribution in [0.25, 0.3) is 0 Å². The lowest BCUT2D eigenvalue weighted by atomic mass is 10.1. The molecule has 19 heteroatoms. The predicted molar refractivity (Wildman–Crippen MR) is 214 cm³/mol. The van der Waals surface area contributed by atoms with E-state index in [2.05, 4.69) is 20.4 Å². The molecule has 318 valence electrons. The maximum Gasteiger partial charge on any atom is 0.242 e. The number of epoxide rings is 2. The van der Waals surface area contributed by atoms with Crippen molar-refractivity contribution in [2.24, 2.45) is 20.4 Å². The summed E-state index contributed by atoms with van der Waals surface area (Å²) < 4.78 is 31.8. The number of hydrazone groups is 4. The van der Waals surface area contributed by atoms with Gasteiger partial charge in [-0.1, -0.05) is 0 Å². The molecule has 2 atom stereocenters. The Balaban J connectivity index is 1.01. The molecular formula is C41H48N8O11. The lowest BCUT2D eigenvalue weighted by molar-refractivity contribution is -0.136. The van der Waals surface area contributed by atoms with Crippen LogP contribution in [0, 0.1) is 0 Å². The summed E-state index contributed by atoms with van der Waals surface area (Å²) in [5.74, 6) is 0.492. The summed E-state index contributed by atoms with van der Waals surface area (Å²) >= 11 is 0. The summed E-state index contributed by atoms with van der Waals surface area (Å²) in [6.45, 7) is 1.18. The molecule has 1 N–H and O–H groups in total. The Labute approximate surface area is 345 Å². The van der Waals surface area contributed by atoms with Gasteiger partial charge in [0.15, 0.2) is 0 Å². The van der Waals surface area contributed by atoms with Crippen molar-refractivity contribution in [3.8, 4) is 0 Å². The summed E-state index contributed by atoms with van der Waals surface area (Å²) in [6, 6.07) is 13.5. The van der Waals surface area contributed by atoms with Gasteiger partial charge in [-0.25, -0.2) is 20.0 Å². The van der Waals surface area contributed by atoms with Gasteiger partial charge in [0.05, 0.1) is 95.4 Å². The van der Waals surface area contributed by atoms with Gasteiger partial charge in [0, 0.05) is 25.7 Å². The van der Waals surface area contributed by atoms with E-state index in [9.17, 15) is 24.3 Å². The minimum absolute atomic E-state index is 0.0220. The normalized spacial score (nSPS) is 16.6. The van der Waals surface area contributed by atoms with E-state index in [0.717, 1.165) is 10.0 Å². The molecule has 0 aliphatic carbocycles. The number of unbranched alkanes of at least 4 members (excludes halogenated alkanes) is 2. The van der Waals surface area contributed by atoms with Crippen molar-refractivity contribution in [1.82, 2.24) is 20.0 Å². The van der Waals surface area contributed by atoms with Crippen LogP contribution in [0.2, 0.25) is 0 Å². The second kappa shape index (κ2) is 22.6. The molecular weight excluding hydrogens is 780 g/mol. The topological polar surface area (TPSA) is 229 Å². The first-order valence-corrected chi connectivity index (χ1v) is 19.7. The van der Waals surface area contributed by atoms with Crippen LogP contribution in [-0.4, -0.2) is 131 Å². The van der Waals surface area contributed by atoms with Crippen LogP contribution in [0.1, 0.15) is 74.4 Å². The fourth-order valence-electron chi connectivity index (χ4n) is 5.63. The van der Waals surface area contributed by atoms with E-state index in [1.54, 1.807) is 48.5 Å². The molecule has 0 radical (unpaired) electrons. The third-order valence-electron chi connectivity index (χ3n) is 9.01. The lowest BCUT2D eigenvalue weighted by Crippen LogP contribution is -2.41. The Hall–Kier alpha value is -6.44. The van der Waals surface area contributed by atoms with Gasteiger partial charge in [-0.3, -0.25) is 19.2 Å². The van der Waals surface area contributed by atoms with E-state index < -0.39 is 17.9 Å². The third-order valence-corrected chi connectivity index (χ3v) is 9.01. The van der Waals surface area contributed by atoms with Crippen molar-refractivity contribution in [3.63, 3.8) is 0 Å². The van der Waals surface area contributed by atoms with Crippen LogP contribution >= 0.6 is 0 Å². The van der Waals surface area contributed by atoms with E-state index in [1.165, 1.54) is 59.9 Å². The van der Waals surface area contributed by atoms with Gasteiger partial charge in [-0.15, -0.1) is 0 Å². The van der Waals surface area contributed by atoms with Crippen molar-refractivity contribution in [3.05, 3.63) is 96.6 Å². The smallest absolute Gasteiger partial charge is 0.242 e. The Morgan fingerprint density at radius 1 is 0.533 bits per heavy atom. The summed E-state index contributed by atoms with van der Waals surface area (Å²) in [7, 11) is 0. The van der Waals surface area contributed by atoms with Crippen molar-refractivity contribution in [2.75, 3.05) is 39.4 Å². The monoisotopic (exact) mass is 828 g/mol. The first-order valence-electron chi connectivity index (χ1n) is 19.7. The zero-order chi connectivity index (χ0) is 41.9. The summed E-state index contributed by atoms with van der Waals surface area (Å²) in [4.78, 5) is 53.1. The van der Waals surface area contributed by atoms with Gasteiger partial charge in [0.25, 0.3) is 0 Å². The Kier molecular flexibility index (Phi) is 16.3. The number of ether oxygens (including phenoxy) is 2. The molecule has 0 bridgehead atoms. The van der Waals surface area contributed by atoms with E-state index in [1.807, 2.05) is 0 Å². The number of carbonyl (C=O) groups is 4. The van der Waals surface area contributed by atoms with Crippen LogP contribution in [0.5, 0.6) is 0 Å². The van der Waals surface area contributed by atoms with Crippen LogP contribution in [0.3, 0.4) is 0 Å². The van der Waals surface area contributed by atoms with Gasteiger partial charge in [0.2, 0.25) is 23.6 Å². The second-order valence-electron chi connectivity index (χ2n) is 13.9. The summed E-state index contributed by atoms with van der Waals surface area (Å²) in [5.41, 5.74) is 0. The highest BCUT2D eigenvalue weighted by molar-refractivity contribution is 5.83. The summed E-state index contributed by atoms with van der Waals surface area (Å²) in [5, 5.41) is 33.3. The molecule has 0 saturated carbocycles. The Morgan fingerprint density at radius 2 is 0.817 bits per heavy atom. The molecule has 4 amide bonds. The number of rotatable bonds is 26. The number of hydrogen-bond acceptors (Lipinski definition) is 15. The zero-order valence-electron chi connectivity index (χ0n) is 33.0. The Bertz CT molecular complexity index is 1880. The quantitative estimate of drug-likeness (QED) is 0.0410. The minimum Gasteiger partial charge on any atom is -0.463 e. The lowest BCUT2D eigenvalue weighted by Gasteiger charge is -2.24. The van der Waals surface area contributed by atoms with Crippen molar-refractivity contribution in [1.29, 1.82) is 0 Å². The molecule has 2 aliphatic rings. The third kappa shape index (κ3) is 15.1. The Morgan fingerprint density at radius 3 is 1.08 bits per heavy atom. The molecule has 2 aliphatic heterocycles. The number of aliphatic hydroxyl groups is 1. The molecule has 19 nitrogen and oxygen atoms in total. The van der Waals surface area contributed by atoms with Gasteiger partial charge >= 0.3 is 0 Å². The molecule has 6 rings (SSSR count). The maximum atomic E-state index is 13.5. The van der Waals surface area contributed by atoms with E-state index in [4.69, 9.17) is 27.1 Å². The summed E-state index contributed by atoms with van der Waals surface area (Å²) in [6.07, 6.45) is 12.0. The molecule has 0 aromatic carbocycles. The standard InChI is InChI=1S/C41H48N8O11/c50-31(25-46(42-21-32-9-5-17-55-32)38(51)13-1-3-15-40(53)48(27-36-29-59-36)44-23-34-11-7-19-57-34)26-47(43-22-33-10-6-18-56-33)39(52)14-2-4-16-41(54)49(28-37-30-60-37)45-24-35-12-8-20-58-35/h5-12,17-24,31,36-37,50H,1-4,13-16,25-30H2/b42-21+,43-22+,44-23+,45-24+. The molecule has 4 aromatic heterocycles. The molecule has 2 fully saturated rings. The molecule has 2 saturated heterocycles. The number of carbonyl (C=O) groups excluding carboxylic acids is 4. The fraction of sp³-hybridized carbons (Fsp3) is 0.415. The predicted octanol–water partition coefficient (Wildman–Crippen LogP) is 4.09. The minimum atomic E-state index is -1.28. The van der Waals surface area contributed by atoms with E-state index in [-0.39, 0.29) is 62.8 Å². The van der Waals surface area contributed by atoms with E-state index >= 15 is 0 Å². The van der Waals surface area contributed by atoms with Gasteiger partial charge in [0.1, 0.15) is 35.2 Å². The van der Waals surface area contributed by atoms with Gasteiger partial charge in [-0.2, -0.15) is 20.4 Å². The SMILES string of the molecule is O=C(CCCCC(=O)N(CC1CO1)/N=C/c1ccco1)N(CC(O)CN(/N=C/c1ccco1)C(=O)CCCCC(=O)N(CC1CO1)/N=C/c1ccco1)/N=C/c1ccco1. The number of amides is 4. The highest BCUT2D eigenvalue weighted by atomic mass is 16.6. The van der Waals surface area contributed by atoms with Crippen molar-refractivity contribution < 1.29 is 51.4 Å². The highest BCUT2D eigenvalue weighted by Gasteiger charge is 2.29. The molecule has 60 heavy (non-hydrogen) atoms. The van der Waals surface area contributed by atoms with Gasteiger partial charge in [-0.05, 0) is 74.2 Å². The molecule has 4 aromatic rings. The average Bonchev–Trinajstić information content (AvgIpc) is 3.82. The van der Waals surface area contributed by atoms with Crippen LogP contribution in [-0.2, 0) is 28.7 Å². The highest BCUT2D eigenvalue weighted by Crippen LogP contribution is 2.16. The number of aliphatic hydroxyl groups excluding tert-OH is 1. The van der Waals surface area contributed by atoms with Crippen LogP contribution < -0.4 is 0 Å². The fourth-order valence-corrected chi connectivity index (χ4v) is 5.63. The largest absolute Gasteiger partial charge is 0.463 e. The molecule has 6 heterocycles. The zero-order valence-corrected chi connectivity index (χ0v) is 33.0. The number of nitrogens with zero attached hydrogens (tertiary/aromatic N) is 8. The van der Waals surface area contributed by atoms with Crippen LogP contribution in [0.15, 0.2) is 112 Å². The average molecular weight is 829 g/mol. The maximum absolute atomic E-state index is 13.5. The van der Waals surface area contributed by atoms with Crippen molar-refractivity contribution >= 4 is 48.5 Å². The second-order valence-corrected chi connectivity index (χ2v) is 13.9. The number of furan rings is 4.